The quantitative estimate of drug-likeness (QED) is 0.443. The average molecular weight is 494 g/mol. The van der Waals surface area contributed by atoms with E-state index in [1.54, 1.807) is 43.0 Å². The van der Waals surface area contributed by atoms with E-state index < -0.39 is 17.6 Å². The lowest BCUT2D eigenvalue weighted by Crippen LogP contribution is -2.26. The van der Waals surface area contributed by atoms with Crippen LogP contribution >= 0.6 is 11.8 Å². The minimum Gasteiger partial charge on any atom is -0.497 e. The number of thioether (sulfide) groups is 1. The molecule has 2 N–H and O–H groups in total. The summed E-state index contributed by atoms with van der Waals surface area (Å²) in [5.74, 6) is 0.502. The molecule has 2 aromatic carbocycles. The molecule has 8 nitrogen and oxygen atoms in total. The van der Waals surface area contributed by atoms with Crippen molar-refractivity contribution in [3.05, 3.63) is 65.5 Å². The van der Waals surface area contributed by atoms with Crippen molar-refractivity contribution in [2.24, 2.45) is 7.05 Å². The van der Waals surface area contributed by atoms with Gasteiger partial charge in [0.25, 0.3) is 5.91 Å². The molecule has 1 heterocycles. The maximum absolute atomic E-state index is 12.8. The first-order chi connectivity index (χ1) is 16.2. The second-order valence-corrected chi connectivity index (χ2v) is 8.05. The lowest BCUT2D eigenvalue weighted by Gasteiger charge is -2.10. The SMILES string of the molecule is COc1ccc(C(=O)NCCc2nnc(SCC(=O)Nc3cccc(C(F)(F)F)c3)n2C)cc1. The van der Waals surface area contributed by atoms with E-state index >= 15 is 0 Å². The van der Waals surface area contributed by atoms with Gasteiger partial charge >= 0.3 is 6.18 Å². The normalized spacial score (nSPS) is 11.2. The first-order valence-electron chi connectivity index (χ1n) is 10.1. The zero-order chi connectivity index (χ0) is 24.7. The molecule has 0 saturated carbocycles. The second kappa shape index (κ2) is 11.1. The number of carbonyl (C=O) groups is 2. The summed E-state index contributed by atoms with van der Waals surface area (Å²) in [6, 6.07) is 11.2. The lowest BCUT2D eigenvalue weighted by molar-refractivity contribution is -0.137. The summed E-state index contributed by atoms with van der Waals surface area (Å²) in [6.07, 6.45) is -4.07. The van der Waals surface area contributed by atoms with E-state index in [9.17, 15) is 22.8 Å². The summed E-state index contributed by atoms with van der Waals surface area (Å²) in [5.41, 5.74) is -0.275. The topological polar surface area (TPSA) is 98.1 Å². The number of aromatic nitrogens is 3. The Hall–Kier alpha value is -3.54. The molecule has 2 amide bonds. The van der Waals surface area contributed by atoms with Gasteiger partial charge in [0, 0.05) is 31.3 Å². The van der Waals surface area contributed by atoms with Gasteiger partial charge < -0.3 is 19.9 Å². The third-order valence-electron chi connectivity index (χ3n) is 4.72. The number of rotatable bonds is 9. The molecule has 34 heavy (non-hydrogen) atoms. The van der Waals surface area contributed by atoms with Crippen molar-refractivity contribution in [1.29, 1.82) is 0 Å². The number of benzene rings is 2. The van der Waals surface area contributed by atoms with Gasteiger partial charge in [-0.25, -0.2) is 0 Å². The first kappa shape index (κ1) is 25.1. The van der Waals surface area contributed by atoms with Crippen LogP contribution in [0.1, 0.15) is 21.7 Å². The molecule has 0 bridgehead atoms. The largest absolute Gasteiger partial charge is 0.497 e. The van der Waals surface area contributed by atoms with E-state index in [1.807, 2.05) is 0 Å². The van der Waals surface area contributed by atoms with Crippen LogP contribution in [0.5, 0.6) is 5.75 Å². The van der Waals surface area contributed by atoms with E-state index in [2.05, 4.69) is 20.8 Å². The minimum atomic E-state index is -4.49. The summed E-state index contributed by atoms with van der Waals surface area (Å²) in [7, 11) is 3.28. The Bertz CT molecular complexity index is 1150. The molecule has 3 rings (SSSR count). The maximum atomic E-state index is 12.8. The Morgan fingerprint density at radius 1 is 1.12 bits per heavy atom. The predicted molar refractivity (Wildman–Crippen MR) is 121 cm³/mol. The molecule has 0 aliphatic rings. The van der Waals surface area contributed by atoms with Crippen molar-refractivity contribution < 1.29 is 27.5 Å². The zero-order valence-electron chi connectivity index (χ0n) is 18.3. The van der Waals surface area contributed by atoms with Gasteiger partial charge in [-0.15, -0.1) is 10.2 Å². The van der Waals surface area contributed by atoms with E-state index in [-0.39, 0.29) is 17.3 Å². The number of ether oxygens (including phenoxy) is 1. The molecule has 0 fully saturated rings. The Labute approximate surface area is 197 Å². The van der Waals surface area contributed by atoms with Crippen molar-refractivity contribution in [2.45, 2.75) is 17.8 Å². The number of nitrogens with zero attached hydrogens (tertiary/aromatic N) is 3. The molecule has 1 aromatic heterocycles. The highest BCUT2D eigenvalue weighted by Gasteiger charge is 2.30. The highest BCUT2D eigenvalue weighted by molar-refractivity contribution is 7.99. The van der Waals surface area contributed by atoms with Gasteiger partial charge in [-0.1, -0.05) is 17.8 Å². The monoisotopic (exact) mass is 493 g/mol. The highest BCUT2D eigenvalue weighted by Crippen LogP contribution is 2.30. The van der Waals surface area contributed by atoms with Crippen LogP contribution in [-0.2, 0) is 24.4 Å². The van der Waals surface area contributed by atoms with Gasteiger partial charge in [-0.3, -0.25) is 9.59 Å². The molecule has 12 heteroatoms. The van der Waals surface area contributed by atoms with Crippen LogP contribution in [0.4, 0.5) is 18.9 Å². The highest BCUT2D eigenvalue weighted by atomic mass is 32.2. The summed E-state index contributed by atoms with van der Waals surface area (Å²) < 4.78 is 45.2. The number of amides is 2. The Morgan fingerprint density at radius 3 is 2.53 bits per heavy atom. The average Bonchev–Trinajstić information content (AvgIpc) is 3.16. The van der Waals surface area contributed by atoms with E-state index in [0.29, 0.717) is 35.3 Å². The molecule has 0 spiro atoms. The fourth-order valence-electron chi connectivity index (χ4n) is 2.92. The third kappa shape index (κ3) is 6.73. The molecule has 0 unspecified atom stereocenters. The molecular weight excluding hydrogens is 471 g/mol. The van der Waals surface area contributed by atoms with Crippen molar-refractivity contribution in [2.75, 3.05) is 24.7 Å². The van der Waals surface area contributed by atoms with Crippen LogP contribution in [0, 0.1) is 0 Å². The molecule has 180 valence electrons. The number of methoxy groups -OCH3 is 1. The van der Waals surface area contributed by atoms with Crippen LogP contribution < -0.4 is 15.4 Å². The Kier molecular flexibility index (Phi) is 8.16. The minimum absolute atomic E-state index is 0.0591. The number of carbonyl (C=O) groups excluding carboxylic acids is 2. The first-order valence-corrected chi connectivity index (χ1v) is 11.1. The summed E-state index contributed by atoms with van der Waals surface area (Å²) in [4.78, 5) is 24.4. The predicted octanol–water partition coefficient (Wildman–Crippen LogP) is 3.55. The fourth-order valence-corrected chi connectivity index (χ4v) is 3.65. The zero-order valence-corrected chi connectivity index (χ0v) is 19.2. The molecule has 0 atom stereocenters. The molecule has 3 aromatic rings. The Morgan fingerprint density at radius 2 is 1.85 bits per heavy atom. The third-order valence-corrected chi connectivity index (χ3v) is 5.74. The molecule has 0 radical (unpaired) electrons. The standard InChI is InChI=1S/C22H22F3N5O3S/c1-30-18(10-11-26-20(32)14-6-8-17(33-2)9-7-14)28-29-21(30)34-13-19(31)27-16-5-3-4-15(12-16)22(23,24)25/h3-9,12H,10-11,13H2,1-2H3,(H,26,32)(H,27,31). The van der Waals surface area contributed by atoms with E-state index in [4.69, 9.17) is 4.74 Å². The number of halogens is 3. The maximum Gasteiger partial charge on any atom is 0.416 e. The van der Waals surface area contributed by atoms with Crippen LogP contribution in [0.15, 0.2) is 53.7 Å². The van der Waals surface area contributed by atoms with Gasteiger partial charge in [0.2, 0.25) is 5.91 Å². The second-order valence-electron chi connectivity index (χ2n) is 7.11. The number of alkyl halides is 3. The molecule has 0 saturated heterocycles. The van der Waals surface area contributed by atoms with Crippen LogP contribution in [0.25, 0.3) is 0 Å². The molecule has 0 aliphatic heterocycles. The number of nitrogens with one attached hydrogen (secondary N) is 2. The van der Waals surface area contributed by atoms with E-state index in [0.717, 1.165) is 23.9 Å². The van der Waals surface area contributed by atoms with Crippen LogP contribution in [0.3, 0.4) is 0 Å². The molecule has 0 aliphatic carbocycles. The fraction of sp³-hybridized carbons (Fsp3) is 0.273. The number of anilines is 1. The van der Waals surface area contributed by atoms with Gasteiger partial charge in [0.1, 0.15) is 11.6 Å². The van der Waals surface area contributed by atoms with Gasteiger partial charge in [-0.2, -0.15) is 13.2 Å². The lowest BCUT2D eigenvalue weighted by atomic mass is 10.2. The van der Waals surface area contributed by atoms with Crippen molar-refractivity contribution in [3.63, 3.8) is 0 Å². The number of hydrogen-bond acceptors (Lipinski definition) is 6. The van der Waals surface area contributed by atoms with Crippen LogP contribution in [-0.4, -0.2) is 46.0 Å². The summed E-state index contributed by atoms with van der Waals surface area (Å²) in [6.45, 7) is 0.331. The smallest absolute Gasteiger partial charge is 0.416 e. The Balaban J connectivity index is 1.47. The summed E-state index contributed by atoms with van der Waals surface area (Å²) in [5, 5.41) is 13.8. The van der Waals surface area contributed by atoms with Gasteiger partial charge in [0.05, 0.1) is 18.4 Å². The van der Waals surface area contributed by atoms with E-state index in [1.165, 1.54) is 12.1 Å². The number of hydrogen-bond donors (Lipinski definition) is 2. The van der Waals surface area contributed by atoms with Crippen molar-refractivity contribution in [3.8, 4) is 5.75 Å². The van der Waals surface area contributed by atoms with Gasteiger partial charge in [0.15, 0.2) is 5.16 Å². The van der Waals surface area contributed by atoms with Crippen molar-refractivity contribution in [1.82, 2.24) is 20.1 Å². The van der Waals surface area contributed by atoms with Crippen molar-refractivity contribution >= 4 is 29.3 Å². The summed E-state index contributed by atoms with van der Waals surface area (Å²) >= 11 is 1.10. The molecular formula is C22H22F3N5O3S. The van der Waals surface area contributed by atoms with Crippen LogP contribution in [0.2, 0.25) is 0 Å². The van der Waals surface area contributed by atoms with Gasteiger partial charge in [-0.05, 0) is 42.5 Å².